The standard InChI is InChI=1S/C9H14N2O2S2/c1-15(13)6-4-11-9(12)8(10)7-3-2-5-14-7/h2-3,5,8H,4,6,10H2,1H3,(H,11,12). The highest BCUT2D eigenvalue weighted by molar-refractivity contribution is 7.84. The molecule has 84 valence electrons. The molecular weight excluding hydrogens is 232 g/mol. The number of carbonyl (C=O) groups excluding carboxylic acids is 1. The molecule has 1 heterocycles. The zero-order valence-corrected chi connectivity index (χ0v) is 10.1. The molecule has 0 saturated heterocycles. The number of thiophene rings is 1. The minimum absolute atomic E-state index is 0.220. The molecule has 4 nitrogen and oxygen atoms in total. The number of carbonyl (C=O) groups is 1. The van der Waals surface area contributed by atoms with Crippen LogP contribution < -0.4 is 11.1 Å². The molecule has 1 rings (SSSR count). The van der Waals surface area contributed by atoms with Crippen LogP contribution in [0.3, 0.4) is 0 Å². The van der Waals surface area contributed by atoms with Gasteiger partial charge in [0.2, 0.25) is 5.91 Å². The van der Waals surface area contributed by atoms with Gasteiger partial charge in [0.1, 0.15) is 6.04 Å². The summed E-state index contributed by atoms with van der Waals surface area (Å²) in [6, 6.07) is 3.07. The molecule has 0 fully saturated rings. The van der Waals surface area contributed by atoms with Gasteiger partial charge in [0.05, 0.1) is 0 Å². The third kappa shape index (κ3) is 4.11. The van der Waals surface area contributed by atoms with Gasteiger partial charge >= 0.3 is 0 Å². The highest BCUT2D eigenvalue weighted by Gasteiger charge is 2.15. The Kier molecular flexibility index (Phi) is 4.93. The van der Waals surface area contributed by atoms with E-state index in [-0.39, 0.29) is 5.91 Å². The van der Waals surface area contributed by atoms with Crippen LogP contribution in [0.1, 0.15) is 10.9 Å². The normalized spacial score (nSPS) is 14.5. The summed E-state index contributed by atoms with van der Waals surface area (Å²) in [5.41, 5.74) is 5.72. The summed E-state index contributed by atoms with van der Waals surface area (Å²) in [5.74, 6) is 0.242. The number of rotatable bonds is 5. The third-order valence-corrected chi connectivity index (χ3v) is 3.56. The first-order valence-electron chi connectivity index (χ1n) is 4.48. The van der Waals surface area contributed by atoms with Gasteiger partial charge in [0, 0.05) is 34.2 Å². The number of nitrogens with two attached hydrogens (primary N) is 1. The molecule has 15 heavy (non-hydrogen) atoms. The molecule has 0 spiro atoms. The smallest absolute Gasteiger partial charge is 0.242 e. The average Bonchev–Trinajstić information content (AvgIpc) is 2.68. The molecule has 2 unspecified atom stereocenters. The molecule has 1 aromatic rings. The largest absolute Gasteiger partial charge is 0.354 e. The molecule has 1 aromatic heterocycles. The topological polar surface area (TPSA) is 72.2 Å². The van der Waals surface area contributed by atoms with Crippen LogP contribution in [0.25, 0.3) is 0 Å². The van der Waals surface area contributed by atoms with Crippen molar-refractivity contribution >= 4 is 28.0 Å². The van der Waals surface area contributed by atoms with Gasteiger partial charge in [-0.25, -0.2) is 0 Å². The van der Waals surface area contributed by atoms with E-state index in [4.69, 9.17) is 5.73 Å². The molecule has 0 radical (unpaired) electrons. The van der Waals surface area contributed by atoms with Crippen LogP contribution in [0.15, 0.2) is 17.5 Å². The molecule has 0 aliphatic heterocycles. The van der Waals surface area contributed by atoms with Crippen LogP contribution in [0.2, 0.25) is 0 Å². The molecule has 0 saturated carbocycles. The fourth-order valence-electron chi connectivity index (χ4n) is 1.03. The predicted octanol–water partition coefficient (Wildman–Crippen LogP) is 0.243. The number of hydrogen-bond acceptors (Lipinski definition) is 4. The van der Waals surface area contributed by atoms with E-state index in [1.165, 1.54) is 11.3 Å². The van der Waals surface area contributed by atoms with Gasteiger partial charge < -0.3 is 11.1 Å². The second-order valence-electron chi connectivity index (χ2n) is 3.06. The van der Waals surface area contributed by atoms with Crippen molar-refractivity contribution in [2.45, 2.75) is 6.04 Å². The van der Waals surface area contributed by atoms with Crippen LogP contribution in [0.5, 0.6) is 0 Å². The zero-order chi connectivity index (χ0) is 11.3. The van der Waals surface area contributed by atoms with E-state index in [1.807, 2.05) is 17.5 Å². The molecule has 2 atom stereocenters. The van der Waals surface area contributed by atoms with Crippen LogP contribution in [0.4, 0.5) is 0 Å². The highest BCUT2D eigenvalue weighted by Crippen LogP contribution is 2.16. The quantitative estimate of drug-likeness (QED) is 0.782. The summed E-state index contributed by atoms with van der Waals surface area (Å²) in [6.07, 6.45) is 1.60. The van der Waals surface area contributed by atoms with Crippen molar-refractivity contribution in [3.05, 3.63) is 22.4 Å². The van der Waals surface area contributed by atoms with E-state index in [0.717, 1.165) is 4.88 Å². The number of hydrogen-bond donors (Lipinski definition) is 2. The second kappa shape index (κ2) is 5.99. The van der Waals surface area contributed by atoms with E-state index in [1.54, 1.807) is 6.26 Å². The zero-order valence-electron chi connectivity index (χ0n) is 8.43. The Morgan fingerprint density at radius 3 is 3.00 bits per heavy atom. The van der Waals surface area contributed by atoms with E-state index < -0.39 is 16.8 Å². The first-order chi connectivity index (χ1) is 7.11. The maximum atomic E-state index is 11.5. The molecule has 3 N–H and O–H groups in total. The summed E-state index contributed by atoms with van der Waals surface area (Å²) in [5, 5.41) is 4.53. The summed E-state index contributed by atoms with van der Waals surface area (Å²) >= 11 is 1.45. The Morgan fingerprint density at radius 2 is 2.47 bits per heavy atom. The maximum absolute atomic E-state index is 11.5. The van der Waals surface area contributed by atoms with Gasteiger partial charge in [-0.3, -0.25) is 9.00 Å². The van der Waals surface area contributed by atoms with E-state index in [0.29, 0.717) is 12.3 Å². The Hall–Kier alpha value is -0.720. The lowest BCUT2D eigenvalue weighted by atomic mass is 10.2. The lowest BCUT2D eigenvalue weighted by molar-refractivity contribution is -0.122. The van der Waals surface area contributed by atoms with Gasteiger partial charge in [-0.05, 0) is 11.4 Å². The first kappa shape index (κ1) is 12.4. The number of amides is 1. The maximum Gasteiger partial charge on any atom is 0.242 e. The van der Waals surface area contributed by atoms with Crippen LogP contribution >= 0.6 is 11.3 Å². The third-order valence-electron chi connectivity index (χ3n) is 1.82. The fourth-order valence-corrected chi connectivity index (χ4v) is 2.14. The molecule has 1 amide bonds. The van der Waals surface area contributed by atoms with E-state index >= 15 is 0 Å². The Morgan fingerprint density at radius 1 is 1.73 bits per heavy atom. The number of nitrogens with one attached hydrogen (secondary N) is 1. The summed E-state index contributed by atoms with van der Waals surface area (Å²) in [7, 11) is -0.885. The van der Waals surface area contributed by atoms with Gasteiger partial charge in [-0.2, -0.15) is 0 Å². The Labute approximate surface area is 95.3 Å². The van der Waals surface area contributed by atoms with Crippen LogP contribution in [-0.2, 0) is 15.6 Å². The lowest BCUT2D eigenvalue weighted by Crippen LogP contribution is -2.35. The first-order valence-corrected chi connectivity index (χ1v) is 7.08. The van der Waals surface area contributed by atoms with Crippen LogP contribution in [-0.4, -0.2) is 28.7 Å². The van der Waals surface area contributed by atoms with Crippen molar-refractivity contribution in [2.75, 3.05) is 18.6 Å². The van der Waals surface area contributed by atoms with Crippen molar-refractivity contribution in [2.24, 2.45) is 5.73 Å². The molecule has 0 bridgehead atoms. The molecular formula is C9H14N2O2S2. The molecule has 0 aliphatic carbocycles. The van der Waals surface area contributed by atoms with E-state index in [9.17, 15) is 9.00 Å². The van der Waals surface area contributed by atoms with Crippen molar-refractivity contribution in [1.82, 2.24) is 5.32 Å². The Balaban J connectivity index is 2.37. The molecule has 0 aromatic carbocycles. The minimum Gasteiger partial charge on any atom is -0.354 e. The van der Waals surface area contributed by atoms with Crippen molar-refractivity contribution in [3.63, 3.8) is 0 Å². The van der Waals surface area contributed by atoms with Crippen LogP contribution in [0, 0.1) is 0 Å². The monoisotopic (exact) mass is 246 g/mol. The van der Waals surface area contributed by atoms with Gasteiger partial charge in [-0.1, -0.05) is 6.07 Å². The Bertz CT molecular complexity index is 338. The van der Waals surface area contributed by atoms with Gasteiger partial charge in [0.15, 0.2) is 0 Å². The minimum atomic E-state index is -0.885. The summed E-state index contributed by atoms with van der Waals surface area (Å²) < 4.78 is 10.8. The average molecular weight is 246 g/mol. The van der Waals surface area contributed by atoms with Gasteiger partial charge in [-0.15, -0.1) is 11.3 Å². The van der Waals surface area contributed by atoms with Crippen molar-refractivity contribution in [3.8, 4) is 0 Å². The SMILES string of the molecule is CS(=O)CCNC(=O)C(N)c1cccs1. The van der Waals surface area contributed by atoms with Crippen molar-refractivity contribution in [1.29, 1.82) is 0 Å². The van der Waals surface area contributed by atoms with E-state index in [2.05, 4.69) is 5.32 Å². The molecule has 0 aliphatic rings. The fraction of sp³-hybridized carbons (Fsp3) is 0.444. The summed E-state index contributed by atoms with van der Waals surface area (Å²) in [6.45, 7) is 0.404. The predicted molar refractivity (Wildman–Crippen MR) is 63.2 cm³/mol. The lowest BCUT2D eigenvalue weighted by Gasteiger charge is -2.09. The van der Waals surface area contributed by atoms with Crippen molar-refractivity contribution < 1.29 is 9.00 Å². The van der Waals surface area contributed by atoms with Gasteiger partial charge in [0.25, 0.3) is 0 Å². The second-order valence-corrected chi connectivity index (χ2v) is 5.60. The highest BCUT2D eigenvalue weighted by atomic mass is 32.2. The summed E-state index contributed by atoms with van der Waals surface area (Å²) in [4.78, 5) is 12.3. The molecule has 6 heteroatoms.